The monoisotopic (exact) mass is 211 g/mol. The Bertz CT molecular complexity index is 336. The highest BCUT2D eigenvalue weighted by molar-refractivity contribution is 5.92. The second-order valence-electron chi connectivity index (χ2n) is 2.29. The zero-order chi connectivity index (χ0) is 9.84. The molecule has 0 spiro atoms. The van der Waals surface area contributed by atoms with Gasteiger partial charge in [-0.05, 0) is 24.3 Å². The van der Waals surface area contributed by atoms with Gasteiger partial charge in [0.25, 0.3) is 0 Å². The first kappa shape index (κ1) is 12.7. The van der Waals surface area contributed by atoms with E-state index in [0.29, 0.717) is 0 Å². The highest BCUT2D eigenvalue weighted by Crippen LogP contribution is 2.04. The molecule has 0 atom stereocenters. The maximum Gasteiger partial charge on any atom is 0.356 e. The first-order chi connectivity index (χ1) is 6.15. The molecule has 0 amide bonds. The number of carbonyl (C=O) groups excluding carboxylic acids is 1. The van der Waals surface area contributed by atoms with Gasteiger partial charge in [0.1, 0.15) is 0 Å². The van der Waals surface area contributed by atoms with Gasteiger partial charge in [0.15, 0.2) is 17.4 Å². The minimum atomic E-state index is -1.05. The molecular formula is C8H10AlNO4. The lowest BCUT2D eigenvalue weighted by molar-refractivity contribution is 0.0502. The molecule has 0 aliphatic heterocycles. The van der Waals surface area contributed by atoms with Gasteiger partial charge in [0, 0.05) is 0 Å². The SMILES string of the molecule is NOC(=O)c1ccc(C(=O)O)cc1.[AlH3]. The third-order valence-corrected chi connectivity index (χ3v) is 1.47. The van der Waals surface area contributed by atoms with Crippen LogP contribution in [-0.4, -0.2) is 34.4 Å². The number of aromatic carboxylic acids is 1. The number of carboxylic acids is 1. The van der Waals surface area contributed by atoms with Crippen LogP contribution in [0.5, 0.6) is 0 Å². The van der Waals surface area contributed by atoms with E-state index in [1.165, 1.54) is 24.3 Å². The normalized spacial score (nSPS) is 8.64. The molecule has 6 heteroatoms. The predicted molar refractivity (Wildman–Crippen MR) is 52.9 cm³/mol. The maximum atomic E-state index is 10.8. The van der Waals surface area contributed by atoms with E-state index in [0.717, 1.165) is 0 Å². The topological polar surface area (TPSA) is 89.6 Å². The minimum Gasteiger partial charge on any atom is -0.478 e. The summed E-state index contributed by atoms with van der Waals surface area (Å²) in [6, 6.07) is 5.26. The molecule has 0 heterocycles. The number of benzene rings is 1. The Hall–Kier alpha value is -1.35. The second-order valence-corrected chi connectivity index (χ2v) is 2.29. The van der Waals surface area contributed by atoms with Gasteiger partial charge in [0.2, 0.25) is 0 Å². The van der Waals surface area contributed by atoms with Crippen molar-refractivity contribution in [2.75, 3.05) is 0 Å². The highest BCUT2D eigenvalue weighted by atomic mass is 27.0. The van der Waals surface area contributed by atoms with Gasteiger partial charge in [-0.2, -0.15) is 5.90 Å². The van der Waals surface area contributed by atoms with Crippen LogP contribution < -0.4 is 5.90 Å². The summed E-state index contributed by atoms with van der Waals surface area (Å²) in [5, 5.41) is 8.53. The molecule has 5 nitrogen and oxygen atoms in total. The van der Waals surface area contributed by atoms with E-state index in [1.807, 2.05) is 0 Å². The second kappa shape index (κ2) is 5.40. The molecule has 0 saturated heterocycles. The number of nitrogens with two attached hydrogens (primary N) is 1. The number of hydrogen-bond acceptors (Lipinski definition) is 4. The molecule has 0 bridgehead atoms. The van der Waals surface area contributed by atoms with Crippen LogP contribution in [0.2, 0.25) is 0 Å². The molecular weight excluding hydrogens is 201 g/mol. The van der Waals surface area contributed by atoms with Crippen LogP contribution in [0, 0.1) is 0 Å². The zero-order valence-corrected chi connectivity index (χ0v) is 6.56. The van der Waals surface area contributed by atoms with Gasteiger partial charge in [-0.1, -0.05) is 0 Å². The summed E-state index contributed by atoms with van der Waals surface area (Å²) in [6.07, 6.45) is 0. The number of carboxylic acid groups (broad SMARTS) is 1. The first-order valence-corrected chi connectivity index (χ1v) is 3.39. The highest BCUT2D eigenvalue weighted by Gasteiger charge is 2.07. The molecule has 1 aromatic carbocycles. The molecule has 3 N–H and O–H groups in total. The van der Waals surface area contributed by atoms with Crippen molar-refractivity contribution in [3.05, 3.63) is 35.4 Å². The van der Waals surface area contributed by atoms with Crippen LogP contribution in [-0.2, 0) is 4.84 Å². The zero-order valence-electron chi connectivity index (χ0n) is 6.56. The summed E-state index contributed by atoms with van der Waals surface area (Å²) >= 11 is 0. The summed E-state index contributed by atoms with van der Waals surface area (Å²) in [6.45, 7) is 0. The van der Waals surface area contributed by atoms with Gasteiger partial charge < -0.3 is 9.94 Å². The van der Waals surface area contributed by atoms with E-state index in [4.69, 9.17) is 5.11 Å². The Labute approximate surface area is 90.6 Å². The van der Waals surface area contributed by atoms with E-state index < -0.39 is 11.9 Å². The third kappa shape index (κ3) is 2.85. The van der Waals surface area contributed by atoms with E-state index >= 15 is 0 Å². The average Bonchev–Trinajstić information content (AvgIpc) is 2.17. The van der Waals surface area contributed by atoms with Crippen LogP contribution in [0.25, 0.3) is 0 Å². The average molecular weight is 211 g/mol. The smallest absolute Gasteiger partial charge is 0.356 e. The van der Waals surface area contributed by atoms with Gasteiger partial charge >= 0.3 is 11.9 Å². The molecule has 0 aliphatic rings. The molecule has 1 rings (SSSR count). The fourth-order valence-corrected chi connectivity index (χ4v) is 0.817. The fraction of sp³-hybridized carbons (Fsp3) is 0. The Balaban J connectivity index is 0.00000169. The van der Waals surface area contributed by atoms with Crippen molar-refractivity contribution in [1.29, 1.82) is 0 Å². The van der Waals surface area contributed by atoms with Crippen LogP contribution >= 0.6 is 0 Å². The first-order valence-electron chi connectivity index (χ1n) is 3.39. The van der Waals surface area contributed by atoms with E-state index in [2.05, 4.69) is 10.7 Å². The maximum absolute atomic E-state index is 10.8. The Morgan fingerprint density at radius 3 is 1.93 bits per heavy atom. The van der Waals surface area contributed by atoms with Gasteiger partial charge in [-0.25, -0.2) is 9.59 Å². The summed E-state index contributed by atoms with van der Waals surface area (Å²) in [5.41, 5.74) is 0.320. The van der Waals surface area contributed by atoms with E-state index in [9.17, 15) is 9.59 Å². The molecule has 0 aromatic heterocycles. The standard InChI is InChI=1S/C8H7NO4.Al.3H/c9-13-8(12)6-3-1-5(2-4-6)7(10)11;;;;/h1-4H,9H2,(H,10,11);;;;. The summed E-state index contributed by atoms with van der Waals surface area (Å²) < 4.78 is 0. The van der Waals surface area contributed by atoms with Crippen molar-refractivity contribution in [2.45, 2.75) is 0 Å². The van der Waals surface area contributed by atoms with Crippen LogP contribution in [0.3, 0.4) is 0 Å². The van der Waals surface area contributed by atoms with Gasteiger partial charge in [0.05, 0.1) is 11.1 Å². The van der Waals surface area contributed by atoms with Crippen molar-refractivity contribution < 1.29 is 19.5 Å². The summed E-state index contributed by atoms with van der Waals surface area (Å²) in [5.74, 6) is 2.89. The molecule has 0 aliphatic carbocycles. The van der Waals surface area contributed by atoms with Crippen LogP contribution in [0.15, 0.2) is 24.3 Å². The predicted octanol–water partition coefficient (Wildman–Crippen LogP) is -0.769. The number of carbonyl (C=O) groups is 2. The summed E-state index contributed by atoms with van der Waals surface area (Å²) in [4.78, 5) is 25.2. The number of rotatable bonds is 2. The van der Waals surface area contributed by atoms with Crippen LogP contribution in [0.1, 0.15) is 20.7 Å². The van der Waals surface area contributed by atoms with E-state index in [-0.39, 0.29) is 28.5 Å². The number of hydrogen-bond donors (Lipinski definition) is 2. The molecule has 0 saturated carbocycles. The lowest BCUT2D eigenvalue weighted by Gasteiger charge is -1.97. The quantitative estimate of drug-likeness (QED) is 0.495. The Morgan fingerprint density at radius 2 is 1.57 bits per heavy atom. The lowest BCUT2D eigenvalue weighted by Crippen LogP contribution is -2.10. The van der Waals surface area contributed by atoms with Gasteiger partial charge in [-0.3, -0.25) is 0 Å². The van der Waals surface area contributed by atoms with Crippen LogP contribution in [0.4, 0.5) is 0 Å². The molecule has 14 heavy (non-hydrogen) atoms. The lowest BCUT2D eigenvalue weighted by atomic mass is 10.1. The van der Waals surface area contributed by atoms with Crippen molar-refractivity contribution in [1.82, 2.24) is 0 Å². The Morgan fingerprint density at radius 1 is 1.14 bits per heavy atom. The van der Waals surface area contributed by atoms with Crippen molar-refractivity contribution >= 4 is 29.3 Å². The van der Waals surface area contributed by atoms with Crippen molar-refractivity contribution in [3.63, 3.8) is 0 Å². The summed E-state index contributed by atoms with van der Waals surface area (Å²) in [7, 11) is 0. The minimum absolute atomic E-state index is 0. The Kier molecular flexibility index (Phi) is 4.88. The molecule has 74 valence electrons. The molecule has 0 unspecified atom stereocenters. The molecule has 0 fully saturated rings. The fourth-order valence-electron chi connectivity index (χ4n) is 0.817. The molecule has 0 radical (unpaired) electrons. The largest absolute Gasteiger partial charge is 0.478 e. The third-order valence-electron chi connectivity index (χ3n) is 1.47. The van der Waals surface area contributed by atoms with Gasteiger partial charge in [-0.15, -0.1) is 0 Å². The molecule has 1 aromatic rings. The van der Waals surface area contributed by atoms with E-state index in [1.54, 1.807) is 0 Å². The van der Waals surface area contributed by atoms with Crippen molar-refractivity contribution in [2.24, 2.45) is 5.90 Å². The van der Waals surface area contributed by atoms with Crippen molar-refractivity contribution in [3.8, 4) is 0 Å².